The van der Waals surface area contributed by atoms with E-state index in [1.807, 2.05) is 12.1 Å². The predicted octanol–water partition coefficient (Wildman–Crippen LogP) is 6.02. The van der Waals surface area contributed by atoms with Crippen LogP contribution in [0.5, 0.6) is 0 Å². The van der Waals surface area contributed by atoms with Gasteiger partial charge < -0.3 is 9.67 Å². The Labute approximate surface area is 176 Å². The lowest BCUT2D eigenvalue weighted by molar-refractivity contribution is -0.136. The summed E-state index contributed by atoms with van der Waals surface area (Å²) in [6.45, 7) is 7.20. The van der Waals surface area contributed by atoms with Crippen molar-refractivity contribution in [3.05, 3.63) is 77.4 Å². The van der Waals surface area contributed by atoms with Crippen molar-refractivity contribution in [1.29, 1.82) is 0 Å². The fourth-order valence-electron chi connectivity index (χ4n) is 4.14. The van der Waals surface area contributed by atoms with Crippen LogP contribution in [0.2, 0.25) is 0 Å². The van der Waals surface area contributed by atoms with E-state index in [1.165, 1.54) is 22.3 Å². The minimum absolute atomic E-state index is 0.127. The second-order valence-corrected chi connectivity index (χ2v) is 7.76. The average Bonchev–Trinajstić information content (AvgIpc) is 3.10. The average molecular weight is 399 g/mol. The summed E-state index contributed by atoms with van der Waals surface area (Å²) < 4.78 is 2.23. The summed E-state index contributed by atoms with van der Waals surface area (Å²) in [5.74, 6) is 0.163. The summed E-state index contributed by atoms with van der Waals surface area (Å²) in [4.78, 5) is 15.9. The number of carboxylic acids is 1. The van der Waals surface area contributed by atoms with Gasteiger partial charge in [0.15, 0.2) is 0 Å². The Morgan fingerprint density at radius 2 is 1.73 bits per heavy atom. The van der Waals surface area contributed by atoms with E-state index in [-0.39, 0.29) is 6.42 Å². The summed E-state index contributed by atoms with van der Waals surface area (Å²) in [7, 11) is 0. The number of carboxylic acid groups (broad SMARTS) is 1. The number of carbonyl (C=O) groups is 1. The highest BCUT2D eigenvalue weighted by Gasteiger charge is 2.17. The summed E-state index contributed by atoms with van der Waals surface area (Å²) in [6, 6.07) is 21.1. The number of benzene rings is 3. The van der Waals surface area contributed by atoms with Crippen LogP contribution in [0.3, 0.4) is 0 Å². The van der Waals surface area contributed by atoms with E-state index in [2.05, 4.69) is 73.9 Å². The van der Waals surface area contributed by atoms with Crippen molar-refractivity contribution in [2.75, 3.05) is 0 Å². The zero-order chi connectivity index (χ0) is 21.3. The second-order valence-electron chi connectivity index (χ2n) is 7.76. The number of imidazole rings is 1. The Morgan fingerprint density at radius 3 is 2.43 bits per heavy atom. The van der Waals surface area contributed by atoms with Crippen molar-refractivity contribution in [2.24, 2.45) is 0 Å². The molecule has 0 saturated heterocycles. The van der Waals surface area contributed by atoms with Crippen LogP contribution in [0, 0.1) is 13.8 Å². The maximum Gasteiger partial charge on any atom is 0.303 e. The standard InChI is InChI=1S/C26H26N2O2/c1-4-28-24-13-10-19(11-14-25(29)30)16-23(24)27-26(28)22-8-6-5-7-21(22)20-12-9-17(2)15-18(20)3/h5-10,12-13,15-16H,4,11,14H2,1-3H3,(H,29,30). The van der Waals surface area contributed by atoms with Crippen LogP contribution in [0.25, 0.3) is 33.5 Å². The number of fused-ring (bicyclic) bond motifs is 1. The Bertz CT molecular complexity index is 1240. The number of rotatable bonds is 6. The van der Waals surface area contributed by atoms with Gasteiger partial charge in [0, 0.05) is 18.5 Å². The minimum atomic E-state index is -0.780. The van der Waals surface area contributed by atoms with Crippen molar-refractivity contribution < 1.29 is 9.90 Å². The summed E-state index contributed by atoms with van der Waals surface area (Å²) in [5, 5.41) is 8.98. The molecule has 0 atom stereocenters. The van der Waals surface area contributed by atoms with Crippen LogP contribution < -0.4 is 0 Å². The SMILES string of the molecule is CCn1c(-c2ccccc2-c2ccc(C)cc2C)nc2cc(CCC(=O)O)ccc21. The van der Waals surface area contributed by atoms with E-state index in [0.717, 1.165) is 34.5 Å². The molecule has 4 heteroatoms. The first-order valence-electron chi connectivity index (χ1n) is 10.4. The highest BCUT2D eigenvalue weighted by atomic mass is 16.4. The molecule has 0 amide bonds. The number of hydrogen-bond donors (Lipinski definition) is 1. The first kappa shape index (κ1) is 19.9. The van der Waals surface area contributed by atoms with Gasteiger partial charge in [0.25, 0.3) is 0 Å². The molecule has 0 aliphatic rings. The molecular formula is C26H26N2O2. The molecule has 1 N–H and O–H groups in total. The van der Waals surface area contributed by atoms with Gasteiger partial charge in [-0.1, -0.05) is 54.1 Å². The van der Waals surface area contributed by atoms with Crippen molar-refractivity contribution in [2.45, 2.75) is 40.2 Å². The Kier molecular flexibility index (Phi) is 5.40. The molecule has 4 nitrogen and oxygen atoms in total. The largest absolute Gasteiger partial charge is 0.481 e. The summed E-state index contributed by atoms with van der Waals surface area (Å²) >= 11 is 0. The normalized spacial score (nSPS) is 11.2. The quantitative estimate of drug-likeness (QED) is 0.432. The van der Waals surface area contributed by atoms with Crippen LogP contribution in [0.1, 0.15) is 30.0 Å². The summed E-state index contributed by atoms with van der Waals surface area (Å²) in [5.41, 5.74) is 8.97. The van der Waals surface area contributed by atoms with Gasteiger partial charge >= 0.3 is 5.97 Å². The van der Waals surface area contributed by atoms with Crippen LogP contribution in [-0.2, 0) is 17.8 Å². The van der Waals surface area contributed by atoms with Gasteiger partial charge in [-0.25, -0.2) is 4.98 Å². The zero-order valence-corrected chi connectivity index (χ0v) is 17.6. The fraction of sp³-hybridized carbons (Fsp3) is 0.231. The summed E-state index contributed by atoms with van der Waals surface area (Å²) in [6.07, 6.45) is 0.640. The molecule has 152 valence electrons. The molecule has 4 rings (SSSR count). The highest BCUT2D eigenvalue weighted by Crippen LogP contribution is 2.35. The van der Waals surface area contributed by atoms with E-state index in [9.17, 15) is 4.79 Å². The van der Waals surface area contributed by atoms with E-state index in [4.69, 9.17) is 10.1 Å². The first-order chi connectivity index (χ1) is 14.5. The highest BCUT2D eigenvalue weighted by molar-refractivity contribution is 5.87. The van der Waals surface area contributed by atoms with E-state index >= 15 is 0 Å². The maximum atomic E-state index is 10.9. The molecule has 3 aromatic carbocycles. The predicted molar refractivity (Wildman–Crippen MR) is 122 cm³/mol. The van der Waals surface area contributed by atoms with Gasteiger partial charge in [0.05, 0.1) is 11.0 Å². The fourth-order valence-corrected chi connectivity index (χ4v) is 4.14. The van der Waals surface area contributed by atoms with Crippen molar-refractivity contribution in [3.63, 3.8) is 0 Å². The van der Waals surface area contributed by atoms with Crippen LogP contribution in [0.15, 0.2) is 60.7 Å². The third-order valence-electron chi connectivity index (χ3n) is 5.60. The van der Waals surface area contributed by atoms with Crippen LogP contribution in [-0.4, -0.2) is 20.6 Å². The van der Waals surface area contributed by atoms with Crippen LogP contribution in [0.4, 0.5) is 0 Å². The lowest BCUT2D eigenvalue weighted by Gasteiger charge is -2.14. The molecule has 1 aromatic heterocycles. The van der Waals surface area contributed by atoms with Gasteiger partial charge in [-0.15, -0.1) is 0 Å². The third kappa shape index (κ3) is 3.73. The van der Waals surface area contributed by atoms with Crippen molar-refractivity contribution in [1.82, 2.24) is 9.55 Å². The number of aryl methyl sites for hydroxylation is 4. The molecule has 0 aliphatic carbocycles. The number of aromatic nitrogens is 2. The number of aliphatic carboxylic acids is 1. The lowest BCUT2D eigenvalue weighted by atomic mass is 9.94. The van der Waals surface area contributed by atoms with Gasteiger partial charge in [-0.05, 0) is 61.6 Å². The molecule has 0 saturated carbocycles. The molecule has 1 heterocycles. The zero-order valence-electron chi connectivity index (χ0n) is 17.6. The number of nitrogens with zero attached hydrogens (tertiary/aromatic N) is 2. The van der Waals surface area contributed by atoms with E-state index < -0.39 is 5.97 Å². The van der Waals surface area contributed by atoms with Crippen molar-refractivity contribution in [3.8, 4) is 22.5 Å². The van der Waals surface area contributed by atoms with Gasteiger partial charge in [-0.3, -0.25) is 4.79 Å². The smallest absolute Gasteiger partial charge is 0.303 e. The monoisotopic (exact) mass is 398 g/mol. The minimum Gasteiger partial charge on any atom is -0.481 e. The second kappa shape index (κ2) is 8.15. The Balaban J connectivity index is 1.86. The van der Waals surface area contributed by atoms with Gasteiger partial charge in [-0.2, -0.15) is 0 Å². The van der Waals surface area contributed by atoms with Crippen LogP contribution >= 0.6 is 0 Å². The van der Waals surface area contributed by atoms with Crippen molar-refractivity contribution >= 4 is 17.0 Å². The number of hydrogen-bond acceptors (Lipinski definition) is 2. The molecule has 0 aliphatic heterocycles. The molecule has 0 spiro atoms. The van der Waals surface area contributed by atoms with E-state index in [0.29, 0.717) is 6.42 Å². The molecule has 0 unspecified atom stereocenters. The lowest BCUT2D eigenvalue weighted by Crippen LogP contribution is -1.99. The molecule has 30 heavy (non-hydrogen) atoms. The molecule has 0 radical (unpaired) electrons. The molecule has 0 bridgehead atoms. The Hall–Kier alpha value is -3.40. The third-order valence-corrected chi connectivity index (χ3v) is 5.60. The topological polar surface area (TPSA) is 55.1 Å². The Morgan fingerprint density at radius 1 is 0.967 bits per heavy atom. The first-order valence-corrected chi connectivity index (χ1v) is 10.4. The molecular weight excluding hydrogens is 372 g/mol. The maximum absolute atomic E-state index is 10.9. The van der Waals surface area contributed by atoms with Gasteiger partial charge in [0.1, 0.15) is 5.82 Å². The van der Waals surface area contributed by atoms with Gasteiger partial charge in [0.2, 0.25) is 0 Å². The molecule has 0 fully saturated rings. The molecule has 4 aromatic rings. The van der Waals surface area contributed by atoms with E-state index in [1.54, 1.807) is 0 Å².